The van der Waals surface area contributed by atoms with Crippen molar-refractivity contribution in [1.29, 1.82) is 0 Å². The Balaban J connectivity index is 1.82. The largest absolute Gasteiger partial charge is 0.466 e. The molecule has 1 aliphatic rings. The maximum absolute atomic E-state index is 12.3. The molecule has 206 valence electrons. The van der Waals surface area contributed by atoms with Crippen LogP contribution in [0.25, 0.3) is 0 Å². The Morgan fingerprint density at radius 2 is 1.14 bits per heavy atom. The lowest BCUT2D eigenvalue weighted by atomic mass is 10.0. The van der Waals surface area contributed by atoms with Gasteiger partial charge < -0.3 is 9.64 Å². The van der Waals surface area contributed by atoms with E-state index in [0.717, 1.165) is 52.0 Å². The van der Waals surface area contributed by atoms with Gasteiger partial charge in [-0.3, -0.25) is 14.5 Å². The minimum Gasteiger partial charge on any atom is -0.466 e. The number of rotatable bonds is 23. The molecule has 0 aromatic heterocycles. The van der Waals surface area contributed by atoms with E-state index < -0.39 is 0 Å². The zero-order valence-electron chi connectivity index (χ0n) is 22.9. The number of carbonyl (C=O) groups is 2. The van der Waals surface area contributed by atoms with Gasteiger partial charge in [0.05, 0.1) is 13.0 Å². The van der Waals surface area contributed by atoms with Crippen LogP contribution in [0.5, 0.6) is 0 Å². The van der Waals surface area contributed by atoms with Crippen molar-refractivity contribution in [1.82, 2.24) is 9.80 Å². The first-order chi connectivity index (χ1) is 17.2. The second-order valence-electron chi connectivity index (χ2n) is 10.3. The molecular weight excluding hydrogens is 460 g/mol. The number of carbonyl (C=O) groups excluding carboxylic acids is 2. The van der Waals surface area contributed by atoms with Crippen molar-refractivity contribution < 1.29 is 14.3 Å². The molecule has 0 aromatic carbocycles. The monoisotopic (exact) mass is 514 g/mol. The lowest BCUT2D eigenvalue weighted by molar-refractivity contribution is -0.146. The van der Waals surface area contributed by atoms with Gasteiger partial charge in [0.1, 0.15) is 0 Å². The van der Waals surface area contributed by atoms with Crippen LogP contribution in [0, 0.1) is 0 Å². The first-order valence-electron chi connectivity index (χ1n) is 14.9. The van der Waals surface area contributed by atoms with E-state index in [0.29, 0.717) is 12.5 Å². The van der Waals surface area contributed by atoms with Gasteiger partial charge in [-0.05, 0) is 19.4 Å². The Kier molecular flexibility index (Phi) is 21.7. The third-order valence-electron chi connectivity index (χ3n) is 7.14. The standard InChI is InChI=1S/C29H55ClN2O3/c1-2-3-4-5-6-7-8-9-10-11-12-13-14-15-16-17-27-35-29(34)20-19-28(33)32-25-23-31(24-26-32)22-18-21-30/h2-27H2,1H3. The summed E-state index contributed by atoms with van der Waals surface area (Å²) in [6.07, 6.45) is 22.8. The van der Waals surface area contributed by atoms with Crippen LogP contribution in [0.1, 0.15) is 129 Å². The molecule has 0 spiro atoms. The van der Waals surface area contributed by atoms with Crippen molar-refractivity contribution >= 4 is 23.5 Å². The van der Waals surface area contributed by atoms with Gasteiger partial charge in [-0.15, -0.1) is 11.6 Å². The third kappa shape index (κ3) is 19.0. The predicted octanol–water partition coefficient (Wildman–Crippen LogP) is 7.34. The highest BCUT2D eigenvalue weighted by Gasteiger charge is 2.21. The molecule has 0 aliphatic carbocycles. The van der Waals surface area contributed by atoms with Crippen LogP contribution in [0.3, 0.4) is 0 Å². The SMILES string of the molecule is CCCCCCCCCCCCCCCCCCOC(=O)CCC(=O)N1CCN(CCCCl)CC1. The smallest absolute Gasteiger partial charge is 0.306 e. The summed E-state index contributed by atoms with van der Waals surface area (Å²) in [5.41, 5.74) is 0. The van der Waals surface area contributed by atoms with Crippen LogP contribution < -0.4 is 0 Å². The quantitative estimate of drug-likeness (QED) is 0.0812. The zero-order valence-corrected chi connectivity index (χ0v) is 23.6. The molecule has 0 bridgehead atoms. The Hall–Kier alpha value is -0.810. The molecule has 1 rings (SSSR count). The minimum atomic E-state index is -0.236. The van der Waals surface area contributed by atoms with E-state index >= 15 is 0 Å². The van der Waals surface area contributed by atoms with Crippen LogP contribution in [0.15, 0.2) is 0 Å². The number of ether oxygens (including phenoxy) is 1. The van der Waals surface area contributed by atoms with E-state index in [4.69, 9.17) is 16.3 Å². The average Bonchev–Trinajstić information content (AvgIpc) is 2.88. The van der Waals surface area contributed by atoms with Gasteiger partial charge in [0.15, 0.2) is 0 Å². The first-order valence-corrected chi connectivity index (χ1v) is 15.4. The van der Waals surface area contributed by atoms with E-state index in [2.05, 4.69) is 11.8 Å². The number of alkyl halides is 1. The van der Waals surface area contributed by atoms with Crippen LogP contribution in [0.2, 0.25) is 0 Å². The van der Waals surface area contributed by atoms with Gasteiger partial charge >= 0.3 is 5.97 Å². The second kappa shape index (κ2) is 23.6. The van der Waals surface area contributed by atoms with Crippen molar-refractivity contribution in [2.24, 2.45) is 0 Å². The molecule has 1 saturated heterocycles. The summed E-state index contributed by atoms with van der Waals surface area (Å²) in [5, 5.41) is 0. The number of nitrogens with zero attached hydrogens (tertiary/aromatic N) is 2. The molecule has 1 amide bonds. The first kappa shape index (κ1) is 32.2. The fourth-order valence-corrected chi connectivity index (χ4v) is 4.90. The van der Waals surface area contributed by atoms with Crippen molar-refractivity contribution in [3.63, 3.8) is 0 Å². The molecule has 5 nitrogen and oxygen atoms in total. The van der Waals surface area contributed by atoms with Crippen LogP contribution in [-0.4, -0.2) is 66.9 Å². The summed E-state index contributed by atoms with van der Waals surface area (Å²) in [4.78, 5) is 28.5. The van der Waals surface area contributed by atoms with Gasteiger partial charge in [0, 0.05) is 38.5 Å². The molecule has 1 heterocycles. The van der Waals surface area contributed by atoms with Gasteiger partial charge in [-0.2, -0.15) is 0 Å². The summed E-state index contributed by atoms with van der Waals surface area (Å²) < 4.78 is 5.33. The lowest BCUT2D eigenvalue weighted by Crippen LogP contribution is -2.48. The normalized spacial score (nSPS) is 14.4. The number of hydrogen-bond acceptors (Lipinski definition) is 4. The Bertz CT molecular complexity index is 510. The van der Waals surface area contributed by atoms with Gasteiger partial charge in [0.25, 0.3) is 0 Å². The highest BCUT2D eigenvalue weighted by molar-refractivity contribution is 6.17. The van der Waals surface area contributed by atoms with E-state index in [-0.39, 0.29) is 24.7 Å². The molecule has 0 atom stereocenters. The number of halogens is 1. The van der Waals surface area contributed by atoms with Gasteiger partial charge in [-0.25, -0.2) is 0 Å². The highest BCUT2D eigenvalue weighted by Crippen LogP contribution is 2.14. The Labute approximate surface area is 221 Å². The number of unbranched alkanes of at least 4 members (excludes halogenated alkanes) is 15. The van der Waals surface area contributed by atoms with E-state index in [1.165, 1.54) is 89.9 Å². The molecule has 35 heavy (non-hydrogen) atoms. The maximum atomic E-state index is 12.3. The molecule has 0 aromatic rings. The number of piperazine rings is 1. The molecule has 0 saturated carbocycles. The van der Waals surface area contributed by atoms with Gasteiger partial charge in [-0.1, -0.05) is 103 Å². The van der Waals surface area contributed by atoms with Crippen molar-refractivity contribution in [2.45, 2.75) is 129 Å². The Morgan fingerprint density at radius 1 is 0.657 bits per heavy atom. The molecule has 0 N–H and O–H groups in total. The minimum absolute atomic E-state index is 0.0707. The molecule has 0 radical (unpaired) electrons. The molecule has 1 aliphatic heterocycles. The topological polar surface area (TPSA) is 49.9 Å². The van der Waals surface area contributed by atoms with E-state index in [1.54, 1.807) is 0 Å². The summed E-state index contributed by atoms with van der Waals surface area (Å²) in [7, 11) is 0. The maximum Gasteiger partial charge on any atom is 0.306 e. The van der Waals surface area contributed by atoms with Gasteiger partial charge in [0.2, 0.25) is 5.91 Å². The molecule has 0 unspecified atom stereocenters. The number of esters is 1. The van der Waals surface area contributed by atoms with E-state index in [1.807, 2.05) is 4.90 Å². The molecular formula is C29H55ClN2O3. The van der Waals surface area contributed by atoms with E-state index in [9.17, 15) is 9.59 Å². The summed E-state index contributed by atoms with van der Waals surface area (Å²) in [6, 6.07) is 0. The average molecular weight is 515 g/mol. The Morgan fingerprint density at radius 3 is 1.63 bits per heavy atom. The summed E-state index contributed by atoms with van der Waals surface area (Å²) in [5.74, 6) is 0.516. The van der Waals surface area contributed by atoms with Crippen molar-refractivity contribution in [3.8, 4) is 0 Å². The highest BCUT2D eigenvalue weighted by atomic mass is 35.5. The van der Waals surface area contributed by atoms with Crippen molar-refractivity contribution in [3.05, 3.63) is 0 Å². The lowest BCUT2D eigenvalue weighted by Gasteiger charge is -2.34. The van der Waals surface area contributed by atoms with Crippen LogP contribution in [0.4, 0.5) is 0 Å². The molecule has 1 fully saturated rings. The number of amides is 1. The molecule has 6 heteroatoms. The van der Waals surface area contributed by atoms with Crippen LogP contribution in [-0.2, 0) is 14.3 Å². The van der Waals surface area contributed by atoms with Crippen molar-refractivity contribution in [2.75, 3.05) is 45.2 Å². The predicted molar refractivity (Wildman–Crippen MR) is 148 cm³/mol. The fraction of sp³-hybridized carbons (Fsp3) is 0.931. The summed E-state index contributed by atoms with van der Waals surface area (Å²) >= 11 is 5.75. The zero-order chi connectivity index (χ0) is 25.4. The third-order valence-corrected chi connectivity index (χ3v) is 7.40. The summed E-state index contributed by atoms with van der Waals surface area (Å²) in [6.45, 7) is 7.05. The number of hydrogen-bond donors (Lipinski definition) is 0. The second-order valence-corrected chi connectivity index (χ2v) is 10.7. The fourth-order valence-electron chi connectivity index (χ4n) is 4.78. The van der Waals surface area contributed by atoms with Crippen LogP contribution >= 0.6 is 11.6 Å².